The van der Waals surface area contributed by atoms with Crippen LogP contribution in [0.5, 0.6) is 0 Å². The average molecular weight is 242 g/mol. The molecule has 1 N–H and O–H groups in total. The topological polar surface area (TPSA) is 12.0 Å². The van der Waals surface area contributed by atoms with E-state index in [-0.39, 0.29) is 5.82 Å². The number of hydrogen-bond donors (Lipinski definition) is 1. The molecule has 0 bridgehead atoms. The molecule has 0 saturated heterocycles. The Balaban J connectivity index is 2.26. The van der Waals surface area contributed by atoms with Crippen molar-refractivity contribution in [3.8, 4) is 0 Å². The van der Waals surface area contributed by atoms with Crippen molar-refractivity contribution in [3.05, 3.63) is 41.7 Å². The third-order valence-electron chi connectivity index (χ3n) is 2.33. The molecule has 1 nitrogen and oxygen atoms in total. The highest BCUT2D eigenvalue weighted by Gasteiger charge is 2.00. The minimum Gasteiger partial charge on any atom is -0.384 e. The normalized spacial score (nSPS) is 10.1. The summed E-state index contributed by atoms with van der Waals surface area (Å²) in [5, 5.41) is 3.70. The van der Waals surface area contributed by atoms with Gasteiger partial charge in [0.1, 0.15) is 5.82 Å². The molecule has 0 saturated carbocycles. The van der Waals surface area contributed by atoms with Gasteiger partial charge in [0, 0.05) is 6.54 Å². The quantitative estimate of drug-likeness (QED) is 0.542. The highest BCUT2D eigenvalue weighted by Crippen LogP contribution is 2.22. The van der Waals surface area contributed by atoms with Gasteiger partial charge in [0.05, 0.1) is 10.7 Å². The molecule has 1 aromatic carbocycles. The summed E-state index contributed by atoms with van der Waals surface area (Å²) >= 11 is 5.92. The zero-order valence-electron chi connectivity index (χ0n) is 9.31. The average Bonchev–Trinajstić information content (AvgIpc) is 2.28. The Morgan fingerprint density at radius 1 is 1.31 bits per heavy atom. The predicted octanol–water partition coefficient (Wildman–Crippen LogP) is 4.64. The first-order chi connectivity index (χ1) is 7.74. The van der Waals surface area contributed by atoms with Crippen LogP contribution in [0.15, 0.2) is 30.9 Å². The number of anilines is 1. The summed E-state index contributed by atoms with van der Waals surface area (Å²) in [4.78, 5) is 0. The first kappa shape index (κ1) is 13.0. The standard InChI is InChI=1S/C13H17ClFN/c1-2-3-4-5-6-9-16-13-10-11(15)7-8-12(13)14/h2,7-8,10,16H,1,3-6,9H2. The minimum absolute atomic E-state index is 0.265. The van der Waals surface area contributed by atoms with Crippen LogP contribution < -0.4 is 5.32 Å². The summed E-state index contributed by atoms with van der Waals surface area (Å²) in [5.41, 5.74) is 0.672. The maximum atomic E-state index is 12.9. The molecular formula is C13H17ClFN. The molecule has 0 spiro atoms. The van der Waals surface area contributed by atoms with Crippen LogP contribution in [-0.2, 0) is 0 Å². The van der Waals surface area contributed by atoms with Gasteiger partial charge in [-0.2, -0.15) is 0 Å². The molecule has 0 atom stereocenters. The van der Waals surface area contributed by atoms with Crippen LogP contribution in [0, 0.1) is 5.82 Å². The molecular weight excluding hydrogens is 225 g/mol. The lowest BCUT2D eigenvalue weighted by atomic mass is 10.2. The molecule has 0 fully saturated rings. The smallest absolute Gasteiger partial charge is 0.125 e. The summed E-state index contributed by atoms with van der Waals surface area (Å²) in [6, 6.07) is 4.35. The second-order valence-corrected chi connectivity index (χ2v) is 4.10. The van der Waals surface area contributed by atoms with Crippen molar-refractivity contribution in [2.24, 2.45) is 0 Å². The Bertz CT molecular complexity index is 339. The molecule has 0 aliphatic rings. The highest BCUT2D eigenvalue weighted by atomic mass is 35.5. The van der Waals surface area contributed by atoms with E-state index in [9.17, 15) is 4.39 Å². The van der Waals surface area contributed by atoms with E-state index in [0.29, 0.717) is 10.7 Å². The van der Waals surface area contributed by atoms with Crippen molar-refractivity contribution < 1.29 is 4.39 Å². The fourth-order valence-corrected chi connectivity index (χ4v) is 1.63. The number of nitrogens with one attached hydrogen (secondary N) is 1. The number of rotatable bonds is 7. The van der Waals surface area contributed by atoms with Crippen molar-refractivity contribution in [2.75, 3.05) is 11.9 Å². The number of halogens is 2. The van der Waals surface area contributed by atoms with Crippen molar-refractivity contribution in [3.63, 3.8) is 0 Å². The Morgan fingerprint density at radius 2 is 2.12 bits per heavy atom. The van der Waals surface area contributed by atoms with Crippen LogP contribution in [-0.4, -0.2) is 6.54 Å². The highest BCUT2D eigenvalue weighted by molar-refractivity contribution is 6.33. The van der Waals surface area contributed by atoms with E-state index in [1.165, 1.54) is 12.1 Å². The van der Waals surface area contributed by atoms with Crippen LogP contribution in [0.3, 0.4) is 0 Å². The van der Waals surface area contributed by atoms with Crippen molar-refractivity contribution >= 4 is 17.3 Å². The summed E-state index contributed by atoms with van der Waals surface area (Å²) in [7, 11) is 0. The molecule has 0 heterocycles. The predicted molar refractivity (Wildman–Crippen MR) is 68.6 cm³/mol. The van der Waals surface area contributed by atoms with Gasteiger partial charge in [-0.1, -0.05) is 24.1 Å². The summed E-state index contributed by atoms with van der Waals surface area (Å²) in [5.74, 6) is -0.265. The fraction of sp³-hybridized carbons (Fsp3) is 0.385. The molecule has 0 aliphatic heterocycles. The van der Waals surface area contributed by atoms with Gasteiger partial charge in [-0.15, -0.1) is 6.58 Å². The third kappa shape index (κ3) is 4.67. The second kappa shape index (κ2) is 7.29. The fourth-order valence-electron chi connectivity index (χ4n) is 1.45. The van der Waals surface area contributed by atoms with Gasteiger partial charge in [-0.25, -0.2) is 4.39 Å². The van der Waals surface area contributed by atoms with Crippen LogP contribution in [0.1, 0.15) is 25.7 Å². The monoisotopic (exact) mass is 241 g/mol. The van der Waals surface area contributed by atoms with Gasteiger partial charge in [0.25, 0.3) is 0 Å². The molecule has 0 aliphatic carbocycles. The molecule has 16 heavy (non-hydrogen) atoms. The van der Waals surface area contributed by atoms with Gasteiger partial charge in [0.2, 0.25) is 0 Å². The molecule has 88 valence electrons. The first-order valence-corrected chi connectivity index (χ1v) is 5.91. The largest absolute Gasteiger partial charge is 0.384 e. The molecule has 0 radical (unpaired) electrons. The van der Waals surface area contributed by atoms with E-state index in [0.717, 1.165) is 32.2 Å². The minimum atomic E-state index is -0.265. The Labute approximate surface area is 101 Å². The zero-order chi connectivity index (χ0) is 11.8. The first-order valence-electron chi connectivity index (χ1n) is 5.54. The Hall–Kier alpha value is -1.02. The molecule has 0 amide bonds. The van der Waals surface area contributed by atoms with Crippen molar-refractivity contribution in [2.45, 2.75) is 25.7 Å². The number of benzene rings is 1. The Kier molecular flexibility index (Phi) is 5.94. The number of unbranched alkanes of at least 4 members (excludes halogenated alkanes) is 3. The van der Waals surface area contributed by atoms with E-state index >= 15 is 0 Å². The van der Waals surface area contributed by atoms with Gasteiger partial charge in [-0.3, -0.25) is 0 Å². The lowest BCUT2D eigenvalue weighted by molar-refractivity contribution is 0.628. The summed E-state index contributed by atoms with van der Waals surface area (Å²) in [6.45, 7) is 4.49. The maximum absolute atomic E-state index is 12.9. The molecule has 1 aromatic rings. The van der Waals surface area contributed by atoms with Gasteiger partial charge in [0.15, 0.2) is 0 Å². The van der Waals surface area contributed by atoms with Gasteiger partial charge >= 0.3 is 0 Å². The SMILES string of the molecule is C=CCCCCCNc1cc(F)ccc1Cl. The van der Waals surface area contributed by atoms with Crippen LogP contribution in [0.2, 0.25) is 5.02 Å². The number of hydrogen-bond acceptors (Lipinski definition) is 1. The Morgan fingerprint density at radius 3 is 2.88 bits per heavy atom. The van der Waals surface area contributed by atoms with Crippen molar-refractivity contribution in [1.29, 1.82) is 0 Å². The third-order valence-corrected chi connectivity index (χ3v) is 2.66. The lowest BCUT2D eigenvalue weighted by Gasteiger charge is -2.07. The van der Waals surface area contributed by atoms with E-state index < -0.39 is 0 Å². The zero-order valence-corrected chi connectivity index (χ0v) is 10.1. The maximum Gasteiger partial charge on any atom is 0.125 e. The summed E-state index contributed by atoms with van der Waals surface area (Å²) in [6.07, 6.45) is 6.34. The van der Waals surface area contributed by atoms with E-state index in [4.69, 9.17) is 11.6 Å². The molecule has 1 rings (SSSR count). The number of allylic oxidation sites excluding steroid dienone is 1. The lowest BCUT2D eigenvalue weighted by Crippen LogP contribution is -2.02. The summed E-state index contributed by atoms with van der Waals surface area (Å²) < 4.78 is 12.9. The molecule has 0 aromatic heterocycles. The van der Waals surface area contributed by atoms with Crippen LogP contribution >= 0.6 is 11.6 Å². The van der Waals surface area contributed by atoms with Gasteiger partial charge < -0.3 is 5.32 Å². The van der Waals surface area contributed by atoms with E-state index in [1.807, 2.05) is 6.08 Å². The van der Waals surface area contributed by atoms with Crippen LogP contribution in [0.4, 0.5) is 10.1 Å². The molecule has 0 unspecified atom stereocenters. The molecule has 3 heteroatoms. The van der Waals surface area contributed by atoms with Crippen molar-refractivity contribution in [1.82, 2.24) is 0 Å². The second-order valence-electron chi connectivity index (χ2n) is 3.69. The van der Waals surface area contributed by atoms with E-state index in [1.54, 1.807) is 6.07 Å². The van der Waals surface area contributed by atoms with Gasteiger partial charge in [-0.05, 0) is 37.5 Å². The van der Waals surface area contributed by atoms with E-state index in [2.05, 4.69) is 11.9 Å². The van der Waals surface area contributed by atoms with Crippen LogP contribution in [0.25, 0.3) is 0 Å².